The second kappa shape index (κ2) is 38.0. The molecule has 0 radical (unpaired) electrons. The number of rotatable bonds is 0. The molecule has 0 atom stereocenters. The van der Waals surface area contributed by atoms with Gasteiger partial charge in [0, 0.05) is 0 Å². The van der Waals surface area contributed by atoms with Gasteiger partial charge in [0.05, 0.1) is 15.3 Å². The van der Waals surface area contributed by atoms with E-state index < -0.39 is 15.3 Å². The van der Waals surface area contributed by atoms with Crippen LogP contribution in [-0.4, -0.2) is 15.3 Å². The Kier molecular flexibility index (Phi) is 114. The zero-order chi connectivity index (χ0) is 10.7. The topological polar surface area (TPSA) is 304 Å². The van der Waals surface area contributed by atoms with Crippen LogP contribution < -0.4 is 18.5 Å². The Hall–Kier alpha value is -1.90. The molecule has 0 unspecified atom stereocenters. The summed E-state index contributed by atoms with van der Waals surface area (Å²) in [5, 5.41) is 44.2. The third-order valence-corrected chi connectivity index (χ3v) is 0. The maximum Gasteiger partial charge on any atom is 3.00 e. The van der Waals surface area contributed by atoms with Crippen molar-refractivity contribution in [3.63, 3.8) is 0 Å². The SMILES string of the molecule is N.N.N.O=[N+]([O-])[O-].O=[N+]([O-])[O-].O=[N+]([O-])[O-].[Rh+3]. The monoisotopic (exact) mass is 340 g/mol. The van der Waals surface area contributed by atoms with Crippen molar-refractivity contribution in [3.8, 4) is 0 Å². The van der Waals surface area contributed by atoms with E-state index >= 15 is 0 Å². The van der Waals surface area contributed by atoms with Crippen LogP contribution in [0.25, 0.3) is 0 Å². The van der Waals surface area contributed by atoms with Gasteiger partial charge in [-0.05, 0) is 0 Å². The molecule has 0 fully saturated rings. The molecular formula is H9N6O9Rh. The first-order valence-corrected chi connectivity index (χ1v) is 1.64. The summed E-state index contributed by atoms with van der Waals surface area (Å²) < 4.78 is 0. The van der Waals surface area contributed by atoms with E-state index in [4.69, 9.17) is 46.0 Å². The van der Waals surface area contributed by atoms with E-state index in [9.17, 15) is 0 Å². The predicted octanol–water partition coefficient (Wildman–Crippen LogP) is -0.234. The van der Waals surface area contributed by atoms with E-state index in [1.807, 2.05) is 0 Å². The quantitative estimate of drug-likeness (QED) is 0.292. The molecule has 0 bridgehead atoms. The molecule has 0 aliphatic carbocycles. The maximum atomic E-state index is 8.25. The van der Waals surface area contributed by atoms with Crippen LogP contribution in [0, 0.1) is 46.0 Å². The fourth-order valence-corrected chi connectivity index (χ4v) is 0. The Morgan fingerprint density at radius 1 is 0.500 bits per heavy atom. The predicted molar refractivity (Wildman–Crippen MR) is 46.2 cm³/mol. The van der Waals surface area contributed by atoms with Gasteiger partial charge < -0.3 is 64.4 Å². The summed E-state index contributed by atoms with van der Waals surface area (Å²) >= 11 is 0. The molecule has 0 aliphatic heterocycles. The summed E-state index contributed by atoms with van der Waals surface area (Å²) in [6.07, 6.45) is 0. The minimum atomic E-state index is -1.75. The molecule has 0 aromatic rings. The average molecular weight is 340 g/mol. The number of hydrogen-bond acceptors (Lipinski definition) is 12. The first kappa shape index (κ1) is 48.0. The first-order chi connectivity index (χ1) is 5.20. The van der Waals surface area contributed by atoms with Gasteiger partial charge in [-0.1, -0.05) is 0 Å². The molecular weight excluding hydrogens is 331 g/mol. The van der Waals surface area contributed by atoms with E-state index in [-0.39, 0.29) is 37.9 Å². The minimum Gasteiger partial charge on any atom is -0.356 e. The summed E-state index contributed by atoms with van der Waals surface area (Å²) in [5.41, 5.74) is 0. The van der Waals surface area contributed by atoms with Crippen molar-refractivity contribution in [2.75, 3.05) is 0 Å². The molecule has 0 rings (SSSR count). The molecule has 16 heteroatoms. The fourth-order valence-electron chi connectivity index (χ4n) is 0. The molecule has 0 spiro atoms. The molecule has 15 nitrogen and oxygen atoms in total. The summed E-state index contributed by atoms with van der Waals surface area (Å²) in [6.45, 7) is 0. The van der Waals surface area contributed by atoms with E-state index in [0.29, 0.717) is 0 Å². The van der Waals surface area contributed by atoms with Crippen LogP contribution in [0.15, 0.2) is 0 Å². The normalized spacial score (nSPS) is 4.50. The van der Waals surface area contributed by atoms with Crippen molar-refractivity contribution >= 4 is 0 Å². The standard InChI is InChI=1S/3NO3.3H3N.Rh/c3*2-1(3)4;;;;/h;;;3*1H3;/q3*-1;;;;+3. The molecule has 0 aliphatic rings. The molecule has 102 valence electrons. The van der Waals surface area contributed by atoms with Gasteiger partial charge in [0.15, 0.2) is 0 Å². The zero-order valence-electron chi connectivity index (χ0n) is 7.47. The summed E-state index contributed by atoms with van der Waals surface area (Å²) in [7, 11) is 0. The van der Waals surface area contributed by atoms with Gasteiger partial charge in [0.1, 0.15) is 0 Å². The zero-order valence-corrected chi connectivity index (χ0v) is 9.11. The molecule has 0 saturated heterocycles. The van der Waals surface area contributed by atoms with Crippen LogP contribution in [0.4, 0.5) is 0 Å². The van der Waals surface area contributed by atoms with Crippen molar-refractivity contribution in [2.45, 2.75) is 0 Å². The minimum absolute atomic E-state index is 0. The van der Waals surface area contributed by atoms with Gasteiger partial charge in [-0.2, -0.15) is 0 Å². The summed E-state index contributed by atoms with van der Waals surface area (Å²) in [5.74, 6) is 0. The van der Waals surface area contributed by atoms with E-state index in [1.165, 1.54) is 0 Å². The molecule has 0 aromatic carbocycles. The summed E-state index contributed by atoms with van der Waals surface area (Å²) in [6, 6.07) is 0. The number of nitrogens with zero attached hydrogens (tertiary/aromatic N) is 3. The van der Waals surface area contributed by atoms with E-state index in [1.54, 1.807) is 0 Å². The van der Waals surface area contributed by atoms with Crippen molar-refractivity contribution in [1.29, 1.82) is 0 Å². The molecule has 0 aromatic heterocycles. The first-order valence-electron chi connectivity index (χ1n) is 1.64. The molecule has 0 heterocycles. The van der Waals surface area contributed by atoms with Crippen LogP contribution in [0.1, 0.15) is 0 Å². The van der Waals surface area contributed by atoms with Crippen molar-refractivity contribution < 1.29 is 34.7 Å². The maximum absolute atomic E-state index is 8.25. The largest absolute Gasteiger partial charge is 3.00 e. The molecule has 0 amide bonds. The van der Waals surface area contributed by atoms with Crippen LogP contribution >= 0.6 is 0 Å². The van der Waals surface area contributed by atoms with Gasteiger partial charge in [0.2, 0.25) is 0 Å². The Morgan fingerprint density at radius 3 is 0.500 bits per heavy atom. The van der Waals surface area contributed by atoms with Gasteiger partial charge in [0.25, 0.3) is 0 Å². The Morgan fingerprint density at radius 2 is 0.500 bits per heavy atom. The van der Waals surface area contributed by atoms with Crippen molar-refractivity contribution in [1.82, 2.24) is 18.5 Å². The van der Waals surface area contributed by atoms with Gasteiger partial charge in [-0.15, -0.1) is 0 Å². The smallest absolute Gasteiger partial charge is 0.356 e. The van der Waals surface area contributed by atoms with E-state index in [2.05, 4.69) is 0 Å². The summed E-state index contributed by atoms with van der Waals surface area (Å²) in [4.78, 5) is 24.8. The molecule has 0 saturated carbocycles. The average Bonchev–Trinajstić information content (AvgIpc) is 1.54. The Balaban J connectivity index is -0.0000000135. The fraction of sp³-hybridized carbons (Fsp3) is 0. The van der Waals surface area contributed by atoms with Gasteiger partial charge in [-0.25, -0.2) is 0 Å². The third kappa shape index (κ3) is 415. The second-order valence-corrected chi connectivity index (χ2v) is 0.671. The van der Waals surface area contributed by atoms with E-state index in [0.717, 1.165) is 0 Å². The molecule has 9 N–H and O–H groups in total. The van der Waals surface area contributed by atoms with Crippen LogP contribution in [0.3, 0.4) is 0 Å². The Labute approximate surface area is 99.9 Å². The van der Waals surface area contributed by atoms with Crippen molar-refractivity contribution in [3.05, 3.63) is 46.0 Å². The van der Waals surface area contributed by atoms with Gasteiger partial charge >= 0.3 is 19.5 Å². The third-order valence-electron chi connectivity index (χ3n) is 0. The Bertz CT molecular complexity index is 118. The second-order valence-electron chi connectivity index (χ2n) is 0.671. The molecule has 16 heavy (non-hydrogen) atoms. The van der Waals surface area contributed by atoms with Gasteiger partial charge in [-0.3, -0.25) is 0 Å². The number of hydrogen-bond donors (Lipinski definition) is 3. The van der Waals surface area contributed by atoms with Crippen LogP contribution in [-0.2, 0) is 19.5 Å². The van der Waals surface area contributed by atoms with Crippen LogP contribution in [0.5, 0.6) is 0 Å². The van der Waals surface area contributed by atoms with Crippen molar-refractivity contribution in [2.24, 2.45) is 0 Å². The van der Waals surface area contributed by atoms with Crippen LogP contribution in [0.2, 0.25) is 0 Å².